The van der Waals surface area contributed by atoms with E-state index in [4.69, 9.17) is 9.47 Å². The predicted octanol–water partition coefficient (Wildman–Crippen LogP) is 2.75. The molecule has 1 N–H and O–H groups in total. The monoisotopic (exact) mass is 370 g/mol. The molecule has 0 aromatic carbocycles. The maximum atomic E-state index is 12.5. The van der Waals surface area contributed by atoms with Gasteiger partial charge in [0.25, 0.3) is 0 Å². The van der Waals surface area contributed by atoms with Gasteiger partial charge in [0.15, 0.2) is 0 Å². The summed E-state index contributed by atoms with van der Waals surface area (Å²) in [5.74, 6) is -0.243. The van der Waals surface area contributed by atoms with Crippen molar-refractivity contribution >= 4 is 11.8 Å². The normalized spacial score (nSPS) is 20.4. The van der Waals surface area contributed by atoms with E-state index in [0.717, 1.165) is 12.8 Å². The lowest BCUT2D eigenvalue weighted by atomic mass is 9.89. The Balaban J connectivity index is 2.25. The number of ether oxygens (including phenoxy) is 2. The number of unbranched alkanes of at least 4 members (excludes halogenated alkanes) is 4. The van der Waals surface area contributed by atoms with E-state index in [1.54, 1.807) is 12.0 Å². The van der Waals surface area contributed by atoms with Gasteiger partial charge in [0, 0.05) is 33.7 Å². The van der Waals surface area contributed by atoms with Gasteiger partial charge in [0.05, 0.1) is 6.10 Å². The predicted molar refractivity (Wildman–Crippen MR) is 103 cm³/mol. The third-order valence-electron chi connectivity index (χ3n) is 4.89. The number of nitrogens with one attached hydrogen (secondary N) is 1. The van der Waals surface area contributed by atoms with Crippen molar-refractivity contribution in [1.29, 1.82) is 0 Å². The van der Waals surface area contributed by atoms with Gasteiger partial charge in [0.2, 0.25) is 11.8 Å². The average Bonchev–Trinajstić information content (AvgIpc) is 3.01. The largest absolute Gasteiger partial charge is 0.380 e. The Hall–Kier alpha value is -1.14. The van der Waals surface area contributed by atoms with E-state index < -0.39 is 6.04 Å². The second kappa shape index (κ2) is 11.5. The highest BCUT2D eigenvalue weighted by Crippen LogP contribution is 2.22. The smallest absolute Gasteiger partial charge is 0.249 e. The van der Waals surface area contributed by atoms with Gasteiger partial charge in [-0.05, 0) is 18.3 Å². The molecule has 2 atom stereocenters. The second-order valence-electron chi connectivity index (χ2n) is 8.46. The van der Waals surface area contributed by atoms with Gasteiger partial charge < -0.3 is 19.7 Å². The topological polar surface area (TPSA) is 67.9 Å². The maximum absolute atomic E-state index is 12.5. The Morgan fingerprint density at radius 2 is 1.73 bits per heavy atom. The molecule has 152 valence electrons. The molecular formula is C20H38N2O4. The lowest BCUT2D eigenvalue weighted by Gasteiger charge is -2.23. The zero-order chi connectivity index (χ0) is 19.6. The fourth-order valence-corrected chi connectivity index (χ4v) is 3.34. The van der Waals surface area contributed by atoms with Crippen LogP contribution in [0, 0.1) is 5.41 Å². The van der Waals surface area contributed by atoms with Gasteiger partial charge in [-0.25, -0.2) is 0 Å². The van der Waals surface area contributed by atoms with Crippen molar-refractivity contribution in [2.75, 3.05) is 33.9 Å². The maximum Gasteiger partial charge on any atom is 0.249 e. The number of carbonyl (C=O) groups is 2. The molecule has 0 radical (unpaired) electrons. The molecule has 0 aliphatic carbocycles. The van der Waals surface area contributed by atoms with Crippen molar-refractivity contribution in [2.24, 2.45) is 5.41 Å². The molecule has 1 aliphatic rings. The molecule has 6 nitrogen and oxygen atoms in total. The lowest BCUT2D eigenvalue weighted by Crippen LogP contribution is -2.47. The van der Waals surface area contributed by atoms with E-state index in [0.29, 0.717) is 24.9 Å². The van der Waals surface area contributed by atoms with E-state index in [-0.39, 0.29) is 24.5 Å². The highest BCUT2D eigenvalue weighted by molar-refractivity contribution is 5.88. The van der Waals surface area contributed by atoms with Crippen LogP contribution in [0.15, 0.2) is 0 Å². The zero-order valence-corrected chi connectivity index (χ0v) is 17.3. The molecule has 0 aromatic rings. The molecule has 0 bridgehead atoms. The summed E-state index contributed by atoms with van der Waals surface area (Å²) >= 11 is 0. The minimum absolute atomic E-state index is 0.00518. The quantitative estimate of drug-likeness (QED) is 0.568. The van der Waals surface area contributed by atoms with Gasteiger partial charge in [0.1, 0.15) is 12.6 Å². The Morgan fingerprint density at radius 1 is 1.08 bits per heavy atom. The first kappa shape index (κ1) is 22.9. The number of nitrogens with zero attached hydrogens (tertiary/aromatic N) is 1. The van der Waals surface area contributed by atoms with Gasteiger partial charge in [-0.1, -0.05) is 46.5 Å². The fourth-order valence-electron chi connectivity index (χ4n) is 3.34. The SMILES string of the molecule is COCC(=O)N1CC(OC)CC1C(=O)NCCCCCCCC(C)(C)C. The van der Waals surface area contributed by atoms with Gasteiger partial charge in [-0.15, -0.1) is 0 Å². The molecule has 2 unspecified atom stereocenters. The summed E-state index contributed by atoms with van der Waals surface area (Å²) < 4.78 is 10.3. The van der Waals surface area contributed by atoms with Crippen LogP contribution in [0.3, 0.4) is 0 Å². The molecule has 0 aromatic heterocycles. The summed E-state index contributed by atoms with van der Waals surface area (Å²) in [7, 11) is 3.10. The molecule has 1 saturated heterocycles. The average molecular weight is 371 g/mol. The number of amides is 2. The third kappa shape index (κ3) is 8.49. The van der Waals surface area contributed by atoms with Gasteiger partial charge >= 0.3 is 0 Å². The highest BCUT2D eigenvalue weighted by atomic mass is 16.5. The molecule has 1 heterocycles. The number of likely N-dealkylation sites (tertiary alicyclic amines) is 1. The number of hydrogen-bond donors (Lipinski definition) is 1. The standard InChI is InChI=1S/C20H38N2O4/c1-20(2,3)11-9-7-6-8-10-12-21-19(24)17-13-16(26-5)14-22(17)18(23)15-25-4/h16-17H,6-15H2,1-5H3,(H,21,24). The van der Waals surface area contributed by atoms with E-state index in [9.17, 15) is 9.59 Å². The van der Waals surface area contributed by atoms with Crippen LogP contribution in [-0.4, -0.2) is 62.8 Å². The summed E-state index contributed by atoms with van der Waals surface area (Å²) in [5, 5.41) is 2.98. The van der Waals surface area contributed by atoms with Crippen molar-refractivity contribution in [2.45, 2.75) is 77.9 Å². The van der Waals surface area contributed by atoms with Crippen LogP contribution in [0.5, 0.6) is 0 Å². The van der Waals surface area contributed by atoms with Crippen molar-refractivity contribution in [1.82, 2.24) is 10.2 Å². The minimum atomic E-state index is -0.450. The molecule has 1 rings (SSSR count). The fraction of sp³-hybridized carbons (Fsp3) is 0.900. The minimum Gasteiger partial charge on any atom is -0.380 e. The van der Waals surface area contributed by atoms with Crippen molar-refractivity contribution < 1.29 is 19.1 Å². The molecule has 1 fully saturated rings. The summed E-state index contributed by atoms with van der Waals surface area (Å²) in [4.78, 5) is 26.2. The molecule has 0 spiro atoms. The van der Waals surface area contributed by atoms with E-state index in [1.807, 2.05) is 0 Å². The van der Waals surface area contributed by atoms with Crippen LogP contribution in [0.4, 0.5) is 0 Å². The van der Waals surface area contributed by atoms with Crippen molar-refractivity contribution in [3.63, 3.8) is 0 Å². The summed E-state index contributed by atoms with van der Waals surface area (Å²) in [6.07, 6.45) is 7.56. The molecule has 0 saturated carbocycles. The molecular weight excluding hydrogens is 332 g/mol. The van der Waals surface area contributed by atoms with E-state index in [2.05, 4.69) is 26.1 Å². The third-order valence-corrected chi connectivity index (χ3v) is 4.89. The van der Waals surface area contributed by atoms with Crippen LogP contribution in [0.25, 0.3) is 0 Å². The molecule has 1 aliphatic heterocycles. The first-order chi connectivity index (χ1) is 12.3. The molecule has 26 heavy (non-hydrogen) atoms. The first-order valence-corrected chi connectivity index (χ1v) is 9.87. The van der Waals surface area contributed by atoms with Gasteiger partial charge in [-0.3, -0.25) is 9.59 Å². The number of carbonyl (C=O) groups excluding carboxylic acids is 2. The first-order valence-electron chi connectivity index (χ1n) is 9.87. The van der Waals surface area contributed by atoms with E-state index in [1.165, 1.54) is 32.8 Å². The Kier molecular flexibility index (Phi) is 10.2. The second-order valence-corrected chi connectivity index (χ2v) is 8.46. The van der Waals surface area contributed by atoms with Crippen molar-refractivity contribution in [3.05, 3.63) is 0 Å². The zero-order valence-electron chi connectivity index (χ0n) is 17.3. The molecule has 2 amide bonds. The van der Waals surface area contributed by atoms with Crippen LogP contribution >= 0.6 is 0 Å². The number of hydrogen-bond acceptors (Lipinski definition) is 4. The van der Waals surface area contributed by atoms with Crippen molar-refractivity contribution in [3.8, 4) is 0 Å². The summed E-state index contributed by atoms with van der Waals surface area (Å²) in [6.45, 7) is 7.94. The summed E-state index contributed by atoms with van der Waals surface area (Å²) in [5.41, 5.74) is 0.418. The van der Waals surface area contributed by atoms with E-state index >= 15 is 0 Å². The Bertz CT molecular complexity index is 434. The van der Waals surface area contributed by atoms with Crippen LogP contribution in [0.1, 0.15) is 65.7 Å². The van der Waals surface area contributed by atoms with Crippen LogP contribution in [-0.2, 0) is 19.1 Å². The van der Waals surface area contributed by atoms with Gasteiger partial charge in [-0.2, -0.15) is 0 Å². The molecule has 6 heteroatoms. The number of methoxy groups -OCH3 is 2. The lowest BCUT2D eigenvalue weighted by molar-refractivity contribution is -0.141. The Labute approximate surface area is 159 Å². The van der Waals surface area contributed by atoms with Crippen LogP contribution < -0.4 is 5.32 Å². The van der Waals surface area contributed by atoms with Crippen LogP contribution in [0.2, 0.25) is 0 Å². The Morgan fingerprint density at radius 3 is 2.35 bits per heavy atom. The number of rotatable bonds is 11. The summed E-state index contributed by atoms with van der Waals surface area (Å²) in [6, 6.07) is -0.450. The highest BCUT2D eigenvalue weighted by Gasteiger charge is 2.39.